The third kappa shape index (κ3) is 19.8. The molecule has 20 rings (SSSR count). The lowest BCUT2D eigenvalue weighted by atomic mass is 9.86. The van der Waals surface area contributed by atoms with Crippen molar-refractivity contribution in [1.29, 1.82) is 0 Å². The van der Waals surface area contributed by atoms with Crippen LogP contribution in [0.5, 0.6) is 0 Å². The third-order valence-corrected chi connectivity index (χ3v) is 30.3. The highest BCUT2D eigenvalue weighted by atomic mass is 35.5. The van der Waals surface area contributed by atoms with Crippen LogP contribution in [-0.4, -0.2) is 43.6 Å². The first-order valence-electron chi connectivity index (χ1n) is 43.9. The molecule has 0 bridgehead atoms. The van der Waals surface area contributed by atoms with Gasteiger partial charge in [0, 0.05) is 113 Å². The van der Waals surface area contributed by atoms with Gasteiger partial charge in [-0.15, -0.1) is 0 Å². The van der Waals surface area contributed by atoms with Crippen LogP contribution in [0, 0.1) is 112 Å². The van der Waals surface area contributed by atoms with Crippen LogP contribution in [0.3, 0.4) is 0 Å². The second-order valence-corrected chi connectivity index (χ2v) is 38.4. The van der Waals surface area contributed by atoms with Gasteiger partial charge in [0.05, 0.1) is 22.1 Å². The van der Waals surface area contributed by atoms with Crippen molar-refractivity contribution in [1.82, 2.24) is 19.9 Å². The van der Waals surface area contributed by atoms with Crippen LogP contribution in [-0.2, 0) is 19.2 Å². The highest BCUT2D eigenvalue weighted by Crippen LogP contribution is 2.59. The van der Waals surface area contributed by atoms with Crippen molar-refractivity contribution in [2.75, 3.05) is 21.3 Å². The molecule has 4 heterocycles. The van der Waals surface area contributed by atoms with Crippen molar-refractivity contribution in [2.24, 2.45) is 88.8 Å². The number of halogens is 8. The molecule has 8 aliphatic rings. The lowest BCUT2D eigenvalue weighted by Gasteiger charge is -2.21. The number of amides is 4. The van der Waals surface area contributed by atoms with Gasteiger partial charge in [-0.1, -0.05) is 67.2 Å². The summed E-state index contributed by atoms with van der Waals surface area (Å²) in [5, 5.41) is 18.5. The zero-order chi connectivity index (χ0) is 85.3. The molecule has 12 aromatic rings. The molecule has 19 atom stereocenters. The Morgan fingerprint density at radius 2 is 0.520 bits per heavy atom. The van der Waals surface area contributed by atoms with Crippen LogP contribution < -0.4 is 21.3 Å². The van der Waals surface area contributed by atoms with Crippen LogP contribution in [0.15, 0.2) is 219 Å². The van der Waals surface area contributed by atoms with Crippen LogP contribution in [0.2, 0.25) is 20.1 Å². The summed E-state index contributed by atoms with van der Waals surface area (Å²) in [6.45, 7) is 6.15. The number of nitrogens with zero attached hydrogens (tertiary/aromatic N) is 4. The lowest BCUT2D eigenvalue weighted by molar-refractivity contribution is -0.121. The monoisotopic (exact) mass is 1730 g/mol. The Morgan fingerprint density at radius 1 is 0.301 bits per heavy atom. The van der Waals surface area contributed by atoms with Crippen molar-refractivity contribution < 1.29 is 36.7 Å². The van der Waals surface area contributed by atoms with E-state index in [0.29, 0.717) is 121 Å². The molecule has 8 saturated carbocycles. The molecule has 0 saturated heterocycles. The summed E-state index contributed by atoms with van der Waals surface area (Å²) in [4.78, 5) is 68.4. The first-order chi connectivity index (χ1) is 59.5. The van der Waals surface area contributed by atoms with E-state index in [1.807, 2.05) is 94.1 Å². The Morgan fingerprint density at radius 3 is 0.756 bits per heavy atom. The second-order valence-electron chi connectivity index (χ2n) is 36.6. The van der Waals surface area contributed by atoms with Gasteiger partial charge in [-0.2, -0.15) is 0 Å². The summed E-state index contributed by atoms with van der Waals surface area (Å²) in [5.41, 5.74) is 11.5. The first-order valence-corrected chi connectivity index (χ1v) is 45.4. The lowest BCUT2D eigenvalue weighted by Crippen LogP contribution is -2.26. The molecule has 4 amide bonds. The zero-order valence-corrected chi connectivity index (χ0v) is 72.2. The maximum absolute atomic E-state index is 13.9. The molecule has 634 valence electrons. The van der Waals surface area contributed by atoms with E-state index in [-0.39, 0.29) is 64.7 Å². The smallest absolute Gasteiger partial charge is 0.227 e. The van der Waals surface area contributed by atoms with Crippen molar-refractivity contribution >= 4 is 136 Å². The number of carbonyl (C=O) groups excluding carboxylic acids is 4. The number of anilines is 4. The van der Waals surface area contributed by atoms with E-state index in [9.17, 15) is 36.7 Å². The standard InChI is InChI=1S/3C26H26ClFN2O.C25H24ClFN2O/c3*1-15(26(31)30-22-5-2-20(27)3-6-22)16-10-17-12-19(13-18(17)11-16)23-8-9-29-25-7-4-21(28)14-24(23)25;26-19-1-4-21(5-2-19)29-25(30)11-15-9-16-12-18(13-17(16)10-15)22-7-8-28-24-6-3-20(27)14-23(22)24/h3*2-9,14-19H,10-13H2,1H3,(H,30,31);1-8,14-18H,9-13H2,(H,29,30)/t15?,16?,17-,18+,19?;2*15-,16?,17-,18+,19?;15?,16-,17+,18?/m.10./s1. The van der Waals surface area contributed by atoms with Gasteiger partial charge < -0.3 is 21.3 Å². The minimum Gasteiger partial charge on any atom is -0.326 e. The van der Waals surface area contributed by atoms with Crippen LogP contribution in [0.4, 0.5) is 40.3 Å². The summed E-state index contributed by atoms with van der Waals surface area (Å²) < 4.78 is 55.4. The molecule has 0 spiro atoms. The van der Waals surface area contributed by atoms with E-state index in [4.69, 9.17) is 46.4 Å². The zero-order valence-electron chi connectivity index (χ0n) is 69.2. The van der Waals surface area contributed by atoms with Crippen molar-refractivity contribution in [3.63, 3.8) is 0 Å². The van der Waals surface area contributed by atoms with Crippen molar-refractivity contribution in [3.05, 3.63) is 285 Å². The topological polar surface area (TPSA) is 168 Å². The predicted octanol–water partition coefficient (Wildman–Crippen LogP) is 27.0. The molecule has 9 unspecified atom stereocenters. The predicted molar refractivity (Wildman–Crippen MR) is 486 cm³/mol. The molecule has 20 heteroatoms. The van der Waals surface area contributed by atoms with E-state index in [1.54, 1.807) is 97.1 Å². The summed E-state index contributed by atoms with van der Waals surface area (Å²) in [6.07, 6.45) is 25.6. The maximum Gasteiger partial charge on any atom is 0.227 e. The fourth-order valence-corrected chi connectivity index (χ4v) is 23.6. The average Bonchev–Trinajstić information content (AvgIpc) is 1.68. The molecule has 4 N–H and O–H groups in total. The summed E-state index contributed by atoms with van der Waals surface area (Å²) in [5.74, 6) is 8.04. The highest BCUT2D eigenvalue weighted by Gasteiger charge is 2.49. The van der Waals surface area contributed by atoms with E-state index in [0.717, 1.165) is 169 Å². The van der Waals surface area contributed by atoms with Gasteiger partial charge in [-0.05, 0) is 414 Å². The van der Waals surface area contributed by atoms with E-state index < -0.39 is 0 Å². The molecular formula is C103H102Cl4F4N8O4. The number of benzene rings is 8. The number of hydrogen-bond acceptors (Lipinski definition) is 8. The van der Waals surface area contributed by atoms with E-state index in [2.05, 4.69) is 65.5 Å². The number of nitrogens with one attached hydrogen (secondary N) is 4. The minimum atomic E-state index is -0.208. The van der Waals surface area contributed by atoms with Crippen LogP contribution >= 0.6 is 46.4 Å². The Bertz CT molecular complexity index is 5370. The number of carbonyl (C=O) groups is 4. The van der Waals surface area contributed by atoms with Crippen molar-refractivity contribution in [2.45, 2.75) is 154 Å². The molecule has 123 heavy (non-hydrogen) atoms. The van der Waals surface area contributed by atoms with Gasteiger partial charge in [-0.25, -0.2) is 17.6 Å². The molecule has 4 aromatic heterocycles. The van der Waals surface area contributed by atoms with Crippen LogP contribution in [0.1, 0.15) is 176 Å². The fraction of sp³-hybridized carbons (Fsp3) is 0.379. The number of pyridine rings is 4. The van der Waals surface area contributed by atoms with Crippen molar-refractivity contribution in [3.8, 4) is 0 Å². The number of aromatic nitrogens is 4. The average molecular weight is 1730 g/mol. The van der Waals surface area contributed by atoms with E-state index in [1.165, 1.54) is 46.5 Å². The SMILES string of the molecule is CC(C(=O)Nc1ccc(Cl)cc1)C1C[C@H]2CC(c3ccnc4ccc(F)cc34)C[C@H]2C1.C[C@@H](C(=O)Nc1ccc(Cl)cc1)C1C[C@H]2CC(c3ccnc4ccc(F)cc34)C[C@H]2C1.C[C@H](C(=O)Nc1ccc(Cl)cc1)C1C[C@H]2CC(c3ccnc4ccc(F)cc34)C[C@H]2C1.O=C(CC1C[C@@H]2CC(c3ccnc4ccc(F)cc34)C[C@@H]2C1)Nc1ccc(Cl)cc1. The molecule has 8 fully saturated rings. The van der Waals surface area contributed by atoms with Gasteiger partial charge in [0.15, 0.2) is 0 Å². The Kier molecular flexibility index (Phi) is 26.0. The largest absolute Gasteiger partial charge is 0.326 e. The summed E-state index contributed by atoms with van der Waals surface area (Å²) >= 11 is 23.7. The van der Waals surface area contributed by atoms with Gasteiger partial charge in [0.2, 0.25) is 23.6 Å². The van der Waals surface area contributed by atoms with Gasteiger partial charge in [-0.3, -0.25) is 39.1 Å². The number of fused-ring (bicyclic) bond motifs is 8. The normalized spacial score (nSPS) is 25.9. The summed E-state index contributed by atoms with van der Waals surface area (Å²) in [6, 6.07) is 56.7. The maximum atomic E-state index is 13.9. The number of rotatable bonds is 16. The quantitative estimate of drug-likeness (QED) is 0.0694. The molecule has 12 nitrogen and oxygen atoms in total. The molecule has 0 radical (unpaired) electrons. The Labute approximate surface area is 736 Å². The Hall–Kier alpha value is -9.84. The second kappa shape index (κ2) is 37.5. The van der Waals surface area contributed by atoms with Gasteiger partial charge >= 0.3 is 0 Å². The van der Waals surface area contributed by atoms with Gasteiger partial charge in [0.1, 0.15) is 23.3 Å². The minimum absolute atomic E-state index is 0.0180. The highest BCUT2D eigenvalue weighted by molar-refractivity contribution is 6.31. The van der Waals surface area contributed by atoms with E-state index >= 15 is 0 Å². The van der Waals surface area contributed by atoms with Gasteiger partial charge in [0.25, 0.3) is 0 Å². The fourth-order valence-electron chi connectivity index (χ4n) is 23.1. The third-order valence-electron chi connectivity index (χ3n) is 29.3. The Balaban J connectivity index is 0.000000116. The molecular weight excluding hydrogens is 1630 g/mol. The molecule has 8 aliphatic carbocycles. The number of hydrogen-bond donors (Lipinski definition) is 4. The van der Waals surface area contributed by atoms with Crippen LogP contribution in [0.25, 0.3) is 43.6 Å². The summed E-state index contributed by atoms with van der Waals surface area (Å²) in [7, 11) is 0. The molecule has 8 aromatic carbocycles. The first kappa shape index (κ1) is 85.3. The molecule has 0 aliphatic heterocycles.